The SMILES string of the molecule is COc1ccc(C2CCCCCN2C(=O)CC2CSCCN2)cc1. The minimum Gasteiger partial charge on any atom is -0.497 e. The van der Waals surface area contributed by atoms with Crippen LogP contribution < -0.4 is 10.1 Å². The van der Waals surface area contributed by atoms with Gasteiger partial charge in [0.05, 0.1) is 13.2 Å². The molecule has 0 saturated carbocycles. The fourth-order valence-corrected chi connectivity index (χ4v) is 4.61. The highest BCUT2D eigenvalue weighted by atomic mass is 32.2. The summed E-state index contributed by atoms with van der Waals surface area (Å²) in [6.07, 6.45) is 5.21. The maximum absolute atomic E-state index is 13.0. The Hall–Kier alpha value is -1.20. The fourth-order valence-electron chi connectivity index (χ4n) is 3.66. The predicted octanol–water partition coefficient (Wildman–Crippen LogP) is 3.23. The number of nitrogens with one attached hydrogen (secondary N) is 1. The molecule has 0 spiro atoms. The number of thioether (sulfide) groups is 1. The summed E-state index contributed by atoms with van der Waals surface area (Å²) in [5, 5.41) is 3.49. The molecule has 2 unspecified atom stereocenters. The first kappa shape index (κ1) is 17.6. The molecule has 2 heterocycles. The van der Waals surface area contributed by atoms with E-state index in [1.165, 1.54) is 18.4 Å². The van der Waals surface area contributed by atoms with Crippen LogP contribution in [0.3, 0.4) is 0 Å². The van der Waals surface area contributed by atoms with Crippen molar-refractivity contribution in [2.24, 2.45) is 0 Å². The van der Waals surface area contributed by atoms with E-state index in [9.17, 15) is 4.79 Å². The lowest BCUT2D eigenvalue weighted by molar-refractivity contribution is -0.134. The Morgan fingerprint density at radius 2 is 2.12 bits per heavy atom. The number of rotatable bonds is 4. The third-order valence-electron chi connectivity index (χ3n) is 4.99. The second-order valence-corrected chi connectivity index (χ2v) is 7.81. The quantitative estimate of drug-likeness (QED) is 0.907. The molecule has 1 aromatic carbocycles. The van der Waals surface area contributed by atoms with Gasteiger partial charge in [-0.25, -0.2) is 0 Å². The average molecular weight is 349 g/mol. The Balaban J connectivity index is 1.72. The molecule has 3 rings (SSSR count). The van der Waals surface area contributed by atoms with Crippen LogP contribution in [0.1, 0.15) is 43.7 Å². The van der Waals surface area contributed by atoms with Crippen LogP contribution in [-0.4, -0.2) is 48.6 Å². The topological polar surface area (TPSA) is 41.6 Å². The van der Waals surface area contributed by atoms with Gasteiger partial charge in [0, 0.05) is 37.1 Å². The summed E-state index contributed by atoms with van der Waals surface area (Å²) in [7, 11) is 1.69. The molecule has 0 aliphatic carbocycles. The van der Waals surface area contributed by atoms with Gasteiger partial charge in [0.1, 0.15) is 5.75 Å². The number of methoxy groups -OCH3 is 1. The Labute approximate surface area is 149 Å². The maximum Gasteiger partial charge on any atom is 0.224 e. The van der Waals surface area contributed by atoms with E-state index in [0.717, 1.165) is 43.2 Å². The predicted molar refractivity (Wildman–Crippen MR) is 99.6 cm³/mol. The van der Waals surface area contributed by atoms with Crippen molar-refractivity contribution >= 4 is 17.7 Å². The van der Waals surface area contributed by atoms with E-state index in [1.54, 1.807) is 7.11 Å². The zero-order valence-corrected chi connectivity index (χ0v) is 15.3. The molecule has 132 valence electrons. The van der Waals surface area contributed by atoms with Gasteiger partial charge >= 0.3 is 0 Å². The first-order chi connectivity index (χ1) is 11.8. The van der Waals surface area contributed by atoms with Gasteiger partial charge in [0.25, 0.3) is 0 Å². The number of amides is 1. The third-order valence-corrected chi connectivity index (χ3v) is 6.12. The lowest BCUT2D eigenvalue weighted by atomic mass is 10.00. The molecule has 2 aliphatic rings. The summed E-state index contributed by atoms with van der Waals surface area (Å²) in [5.74, 6) is 3.38. The molecule has 5 heteroatoms. The standard InChI is InChI=1S/C19H28N2O2S/c1-23-17-8-6-15(7-9-17)18-5-3-2-4-11-21(18)19(22)13-16-14-24-12-10-20-16/h6-9,16,18,20H,2-5,10-14H2,1H3. The van der Waals surface area contributed by atoms with Crippen molar-refractivity contribution in [2.75, 3.05) is 31.7 Å². The van der Waals surface area contributed by atoms with E-state index in [0.29, 0.717) is 18.4 Å². The van der Waals surface area contributed by atoms with E-state index in [2.05, 4.69) is 22.3 Å². The number of carbonyl (C=O) groups excluding carboxylic acids is 1. The smallest absolute Gasteiger partial charge is 0.224 e. The first-order valence-corrected chi connectivity index (χ1v) is 10.2. The molecule has 0 bridgehead atoms. The van der Waals surface area contributed by atoms with Crippen LogP contribution in [0, 0.1) is 0 Å². The molecular formula is C19H28N2O2S. The number of hydrogen-bond acceptors (Lipinski definition) is 4. The van der Waals surface area contributed by atoms with Gasteiger partial charge in [-0.1, -0.05) is 25.0 Å². The third kappa shape index (κ3) is 4.45. The Bertz CT molecular complexity index is 529. The van der Waals surface area contributed by atoms with Crippen molar-refractivity contribution in [3.05, 3.63) is 29.8 Å². The second kappa shape index (κ2) is 8.77. The summed E-state index contributed by atoms with van der Waals surface area (Å²) in [6.45, 7) is 1.90. The molecule has 1 N–H and O–H groups in total. The van der Waals surface area contributed by atoms with E-state index >= 15 is 0 Å². The van der Waals surface area contributed by atoms with E-state index in [1.807, 2.05) is 23.9 Å². The Morgan fingerprint density at radius 3 is 2.83 bits per heavy atom. The van der Waals surface area contributed by atoms with Gasteiger partial charge in [-0.3, -0.25) is 4.79 Å². The zero-order chi connectivity index (χ0) is 16.8. The van der Waals surface area contributed by atoms with Gasteiger partial charge < -0.3 is 15.0 Å². The highest BCUT2D eigenvalue weighted by Crippen LogP contribution is 2.32. The van der Waals surface area contributed by atoms with Gasteiger partial charge in [0.15, 0.2) is 0 Å². The van der Waals surface area contributed by atoms with Gasteiger partial charge in [0.2, 0.25) is 5.91 Å². The van der Waals surface area contributed by atoms with Crippen molar-refractivity contribution in [3.8, 4) is 5.75 Å². The second-order valence-electron chi connectivity index (χ2n) is 6.66. The molecule has 0 radical (unpaired) electrons. The highest BCUT2D eigenvalue weighted by molar-refractivity contribution is 7.99. The summed E-state index contributed by atoms with van der Waals surface area (Å²) >= 11 is 1.95. The van der Waals surface area contributed by atoms with Crippen molar-refractivity contribution in [1.29, 1.82) is 0 Å². The number of carbonyl (C=O) groups is 1. The lowest BCUT2D eigenvalue weighted by Crippen LogP contribution is -2.43. The summed E-state index contributed by atoms with van der Waals surface area (Å²) < 4.78 is 5.26. The lowest BCUT2D eigenvalue weighted by Gasteiger charge is -2.33. The van der Waals surface area contributed by atoms with Crippen LogP contribution in [0.2, 0.25) is 0 Å². The molecule has 0 aromatic heterocycles. The zero-order valence-electron chi connectivity index (χ0n) is 14.5. The van der Waals surface area contributed by atoms with Crippen LogP contribution in [0.5, 0.6) is 5.75 Å². The first-order valence-electron chi connectivity index (χ1n) is 9.02. The van der Waals surface area contributed by atoms with Crippen LogP contribution in [-0.2, 0) is 4.79 Å². The summed E-state index contributed by atoms with van der Waals surface area (Å²) in [6, 6.07) is 8.77. The van der Waals surface area contributed by atoms with Crippen LogP contribution in [0.15, 0.2) is 24.3 Å². The molecular weight excluding hydrogens is 320 g/mol. The van der Waals surface area contributed by atoms with Gasteiger partial charge in [-0.15, -0.1) is 0 Å². The van der Waals surface area contributed by atoms with Gasteiger partial charge in [-0.05, 0) is 30.5 Å². The minimum atomic E-state index is 0.210. The largest absolute Gasteiger partial charge is 0.497 e. The fraction of sp³-hybridized carbons (Fsp3) is 0.632. The Kier molecular flexibility index (Phi) is 6.44. The van der Waals surface area contributed by atoms with Crippen molar-refractivity contribution in [1.82, 2.24) is 10.2 Å². The van der Waals surface area contributed by atoms with Crippen LogP contribution in [0.25, 0.3) is 0 Å². The number of ether oxygens (including phenoxy) is 1. The number of benzene rings is 1. The van der Waals surface area contributed by atoms with Crippen LogP contribution >= 0.6 is 11.8 Å². The number of nitrogens with zero attached hydrogens (tertiary/aromatic N) is 1. The van der Waals surface area contributed by atoms with E-state index in [4.69, 9.17) is 4.74 Å². The highest BCUT2D eigenvalue weighted by Gasteiger charge is 2.28. The van der Waals surface area contributed by atoms with Crippen molar-refractivity contribution in [3.63, 3.8) is 0 Å². The molecule has 1 amide bonds. The summed E-state index contributed by atoms with van der Waals surface area (Å²) in [4.78, 5) is 15.1. The maximum atomic E-state index is 13.0. The monoisotopic (exact) mass is 348 g/mol. The molecule has 4 nitrogen and oxygen atoms in total. The number of hydrogen-bond donors (Lipinski definition) is 1. The molecule has 2 fully saturated rings. The summed E-state index contributed by atoms with van der Waals surface area (Å²) in [5.41, 5.74) is 1.23. The minimum absolute atomic E-state index is 0.210. The number of likely N-dealkylation sites (tertiary alicyclic amines) is 1. The van der Waals surface area contributed by atoms with Crippen molar-refractivity contribution in [2.45, 2.75) is 44.2 Å². The van der Waals surface area contributed by atoms with Crippen molar-refractivity contribution < 1.29 is 9.53 Å². The molecule has 2 saturated heterocycles. The molecule has 24 heavy (non-hydrogen) atoms. The molecule has 2 aliphatic heterocycles. The van der Waals surface area contributed by atoms with E-state index in [-0.39, 0.29) is 6.04 Å². The molecule has 2 atom stereocenters. The van der Waals surface area contributed by atoms with Gasteiger partial charge in [-0.2, -0.15) is 11.8 Å². The van der Waals surface area contributed by atoms with E-state index < -0.39 is 0 Å². The molecule has 1 aromatic rings. The van der Waals surface area contributed by atoms with Crippen LogP contribution in [0.4, 0.5) is 0 Å². The average Bonchev–Trinajstić information content (AvgIpc) is 2.89. The Morgan fingerprint density at radius 1 is 1.29 bits per heavy atom. The normalized spacial score (nSPS) is 25.1.